The van der Waals surface area contributed by atoms with E-state index in [9.17, 15) is 14.4 Å². The van der Waals surface area contributed by atoms with Crippen molar-refractivity contribution in [2.45, 2.75) is 105 Å². The molecule has 0 rings (SSSR count). The topological polar surface area (TPSA) is 95.7 Å². The van der Waals surface area contributed by atoms with Gasteiger partial charge in [-0.25, -0.2) is 0 Å². The highest BCUT2D eigenvalue weighted by Crippen LogP contribution is 2.31. The molecule has 2 N–H and O–H groups in total. The molecule has 27 heavy (non-hydrogen) atoms. The molecule has 0 saturated carbocycles. The summed E-state index contributed by atoms with van der Waals surface area (Å²) in [7, 11) is 0. The molecule has 0 heterocycles. The summed E-state index contributed by atoms with van der Waals surface area (Å²) in [6.07, 6.45) is 1.38. The van der Waals surface area contributed by atoms with E-state index in [2.05, 4.69) is 0 Å². The van der Waals surface area contributed by atoms with Gasteiger partial charge in [0, 0.05) is 17.8 Å². The number of ether oxygens (including phenoxy) is 2. The number of esters is 2. The Morgan fingerprint density at radius 2 is 1.41 bits per heavy atom. The third kappa shape index (κ3) is 10.5. The smallest absolute Gasteiger partial charge is 0.323 e. The Balaban J connectivity index is 4.56. The van der Waals surface area contributed by atoms with Crippen molar-refractivity contribution in [1.82, 2.24) is 0 Å². The van der Waals surface area contributed by atoms with Gasteiger partial charge in [-0.1, -0.05) is 27.7 Å². The van der Waals surface area contributed by atoms with Crippen molar-refractivity contribution in [3.05, 3.63) is 0 Å². The molecule has 0 fully saturated rings. The van der Waals surface area contributed by atoms with Gasteiger partial charge in [0.15, 0.2) is 0 Å². The Bertz CT molecular complexity index is 529. The molecule has 0 amide bonds. The zero-order valence-corrected chi connectivity index (χ0v) is 18.6. The lowest BCUT2D eigenvalue weighted by molar-refractivity contribution is -0.160. The monoisotopic (exact) mass is 385 g/mol. The first-order valence-electron chi connectivity index (χ1n) is 9.71. The highest BCUT2D eigenvalue weighted by atomic mass is 16.6. The number of rotatable bonds is 10. The molecule has 0 aliphatic carbocycles. The molecule has 0 bridgehead atoms. The van der Waals surface area contributed by atoms with Crippen molar-refractivity contribution in [1.29, 1.82) is 0 Å². The molecule has 0 spiro atoms. The van der Waals surface area contributed by atoms with Crippen LogP contribution in [-0.4, -0.2) is 35.0 Å². The van der Waals surface area contributed by atoms with Crippen LogP contribution in [0.1, 0.15) is 88.0 Å². The van der Waals surface area contributed by atoms with Crippen LogP contribution in [0, 0.1) is 11.3 Å². The van der Waals surface area contributed by atoms with E-state index in [1.54, 1.807) is 34.6 Å². The minimum atomic E-state index is -0.887. The molecule has 0 aliphatic rings. The maximum Gasteiger partial charge on any atom is 0.323 e. The van der Waals surface area contributed by atoms with Crippen molar-refractivity contribution < 1.29 is 23.9 Å². The molecule has 0 radical (unpaired) electrons. The zero-order chi connectivity index (χ0) is 21.6. The maximum absolute atomic E-state index is 12.3. The third-order valence-electron chi connectivity index (χ3n) is 4.30. The Kier molecular flexibility index (Phi) is 9.16. The molecule has 0 aromatic rings. The van der Waals surface area contributed by atoms with Crippen LogP contribution in [0.2, 0.25) is 0 Å². The van der Waals surface area contributed by atoms with Crippen LogP contribution in [0.25, 0.3) is 0 Å². The zero-order valence-electron chi connectivity index (χ0n) is 18.6. The molecule has 0 aromatic heterocycles. The summed E-state index contributed by atoms with van der Waals surface area (Å²) in [4.78, 5) is 36.3. The predicted octanol–water partition coefficient (Wildman–Crippen LogP) is 3.79. The van der Waals surface area contributed by atoms with Gasteiger partial charge in [0.1, 0.15) is 23.0 Å². The van der Waals surface area contributed by atoms with Crippen LogP contribution >= 0.6 is 0 Å². The van der Waals surface area contributed by atoms with Gasteiger partial charge in [0.25, 0.3) is 0 Å². The quantitative estimate of drug-likeness (QED) is 0.575. The average Bonchev–Trinajstić information content (AvgIpc) is 2.47. The lowest BCUT2D eigenvalue weighted by Crippen LogP contribution is -2.40. The number of nitrogens with two attached hydrogens (primary N) is 1. The molecule has 6 heteroatoms. The molecular formula is C21H39NO5. The SMILES string of the molecule is CC(C)C(=O)C(C)(C)CCC(C)(C)OC(=O)C(N)CCC(=O)OC(C)(C)C. The molecule has 1 atom stereocenters. The number of Topliss-reactive ketones (excluding diaryl/α,β-unsaturated/α-hetero) is 1. The van der Waals surface area contributed by atoms with E-state index in [1.807, 2.05) is 27.7 Å². The minimum Gasteiger partial charge on any atom is -0.460 e. The summed E-state index contributed by atoms with van der Waals surface area (Å²) in [6, 6.07) is -0.887. The average molecular weight is 386 g/mol. The van der Waals surface area contributed by atoms with Crippen LogP contribution in [0.4, 0.5) is 0 Å². The maximum atomic E-state index is 12.3. The summed E-state index contributed by atoms with van der Waals surface area (Å²) in [5.41, 5.74) is 4.09. The highest BCUT2D eigenvalue weighted by molar-refractivity contribution is 5.85. The molecule has 0 aromatic carbocycles. The van der Waals surface area contributed by atoms with Gasteiger partial charge in [-0.15, -0.1) is 0 Å². The summed E-state index contributed by atoms with van der Waals surface area (Å²) in [6.45, 7) is 16.6. The van der Waals surface area contributed by atoms with Crippen molar-refractivity contribution >= 4 is 17.7 Å². The first kappa shape index (κ1) is 25.6. The first-order valence-corrected chi connectivity index (χ1v) is 9.71. The fourth-order valence-corrected chi connectivity index (χ4v) is 2.70. The predicted molar refractivity (Wildman–Crippen MR) is 106 cm³/mol. The van der Waals surface area contributed by atoms with Gasteiger partial charge >= 0.3 is 11.9 Å². The number of ketones is 1. The van der Waals surface area contributed by atoms with E-state index in [0.29, 0.717) is 12.8 Å². The van der Waals surface area contributed by atoms with Gasteiger partial charge in [-0.2, -0.15) is 0 Å². The summed E-state index contributed by atoms with van der Waals surface area (Å²) >= 11 is 0. The minimum absolute atomic E-state index is 0.0352. The molecule has 158 valence electrons. The fraction of sp³-hybridized carbons (Fsp3) is 0.857. The number of hydrogen-bond donors (Lipinski definition) is 1. The Hall–Kier alpha value is -1.43. The fourth-order valence-electron chi connectivity index (χ4n) is 2.70. The summed E-state index contributed by atoms with van der Waals surface area (Å²) in [5.74, 6) is -0.777. The summed E-state index contributed by atoms with van der Waals surface area (Å²) < 4.78 is 10.7. The van der Waals surface area contributed by atoms with Gasteiger partial charge in [-0.05, 0) is 53.9 Å². The van der Waals surface area contributed by atoms with Crippen LogP contribution < -0.4 is 5.73 Å². The Labute approximate surface area is 164 Å². The van der Waals surface area contributed by atoms with E-state index in [4.69, 9.17) is 15.2 Å². The third-order valence-corrected chi connectivity index (χ3v) is 4.30. The lowest BCUT2D eigenvalue weighted by atomic mass is 9.77. The van der Waals surface area contributed by atoms with E-state index in [1.165, 1.54) is 0 Å². The Morgan fingerprint density at radius 1 is 0.889 bits per heavy atom. The van der Waals surface area contributed by atoms with Crippen molar-refractivity contribution in [3.8, 4) is 0 Å². The van der Waals surface area contributed by atoms with E-state index < -0.39 is 28.6 Å². The molecule has 0 saturated heterocycles. The normalized spacial score (nSPS) is 14.0. The second-order valence-electron chi connectivity index (χ2n) is 9.82. The van der Waals surface area contributed by atoms with Gasteiger partial charge in [0.05, 0.1) is 0 Å². The first-order chi connectivity index (χ1) is 12.0. The van der Waals surface area contributed by atoms with Crippen molar-refractivity contribution in [2.75, 3.05) is 0 Å². The second kappa shape index (κ2) is 9.67. The van der Waals surface area contributed by atoms with Crippen molar-refractivity contribution in [3.63, 3.8) is 0 Å². The molecular weight excluding hydrogens is 346 g/mol. The molecule has 0 aliphatic heterocycles. The highest BCUT2D eigenvalue weighted by Gasteiger charge is 2.34. The van der Waals surface area contributed by atoms with Gasteiger partial charge in [-0.3, -0.25) is 14.4 Å². The van der Waals surface area contributed by atoms with Crippen molar-refractivity contribution in [2.24, 2.45) is 17.1 Å². The summed E-state index contributed by atoms with van der Waals surface area (Å²) in [5, 5.41) is 0. The van der Waals surface area contributed by atoms with Crippen LogP contribution in [0.3, 0.4) is 0 Å². The van der Waals surface area contributed by atoms with Gasteiger partial charge in [0.2, 0.25) is 0 Å². The molecule has 6 nitrogen and oxygen atoms in total. The van der Waals surface area contributed by atoms with E-state index in [0.717, 1.165) is 0 Å². The molecule has 1 unspecified atom stereocenters. The number of hydrogen-bond acceptors (Lipinski definition) is 6. The van der Waals surface area contributed by atoms with E-state index in [-0.39, 0.29) is 30.5 Å². The largest absolute Gasteiger partial charge is 0.460 e. The Morgan fingerprint density at radius 3 is 1.85 bits per heavy atom. The van der Waals surface area contributed by atoms with Crippen LogP contribution in [-0.2, 0) is 23.9 Å². The lowest BCUT2D eigenvalue weighted by Gasteiger charge is -2.32. The second-order valence-corrected chi connectivity index (χ2v) is 9.82. The van der Waals surface area contributed by atoms with Crippen LogP contribution in [0.15, 0.2) is 0 Å². The van der Waals surface area contributed by atoms with E-state index >= 15 is 0 Å². The number of carbonyl (C=O) groups is 3. The number of carbonyl (C=O) groups excluding carboxylic acids is 3. The van der Waals surface area contributed by atoms with Crippen LogP contribution in [0.5, 0.6) is 0 Å². The standard InChI is InChI=1S/C21H39NO5/c1-14(2)17(24)20(6,7)12-13-21(8,9)27-18(25)15(22)10-11-16(23)26-19(3,4)5/h14-15H,10-13,22H2,1-9H3. The van der Waals surface area contributed by atoms with Gasteiger partial charge < -0.3 is 15.2 Å².